The molecule has 1 N–H and O–H groups in total. The van der Waals surface area contributed by atoms with E-state index in [9.17, 15) is 4.79 Å². The number of hydrogen-bond acceptors (Lipinski definition) is 4. The van der Waals surface area contributed by atoms with Gasteiger partial charge < -0.3 is 9.88 Å². The molecule has 0 spiro atoms. The van der Waals surface area contributed by atoms with Crippen LogP contribution >= 0.6 is 0 Å². The zero-order chi connectivity index (χ0) is 20.5. The van der Waals surface area contributed by atoms with Gasteiger partial charge in [0.05, 0.1) is 22.3 Å². The number of fused-ring (bicyclic) bond motifs is 1. The summed E-state index contributed by atoms with van der Waals surface area (Å²) in [5, 5.41) is 2.66. The van der Waals surface area contributed by atoms with E-state index in [-0.39, 0.29) is 5.91 Å². The molecule has 0 saturated heterocycles. The largest absolute Gasteiger partial charge is 0.355 e. The summed E-state index contributed by atoms with van der Waals surface area (Å²) < 4.78 is 2.13. The van der Waals surface area contributed by atoms with Crippen LogP contribution in [0, 0.1) is 13.8 Å². The molecule has 0 fully saturated rings. The molecule has 0 unspecified atom stereocenters. The number of rotatable bonds is 4. The average molecular weight is 385 g/mol. The predicted molar refractivity (Wildman–Crippen MR) is 115 cm³/mol. The molecule has 6 heteroatoms. The zero-order valence-electron chi connectivity index (χ0n) is 17.0. The fourth-order valence-corrected chi connectivity index (χ4v) is 3.73. The highest BCUT2D eigenvalue weighted by atomic mass is 16.1. The maximum absolute atomic E-state index is 12.0. The SMILES string of the molecule is CCn1c(-c2cncnc2-c2ccc(C)cc2C)nc2cc(C(=O)NC)ccc21. The number of hydrogen-bond donors (Lipinski definition) is 1. The van der Waals surface area contributed by atoms with Crippen LogP contribution in [0.4, 0.5) is 0 Å². The highest BCUT2D eigenvalue weighted by molar-refractivity contribution is 5.98. The lowest BCUT2D eigenvalue weighted by Crippen LogP contribution is -2.17. The first kappa shape index (κ1) is 18.8. The second-order valence-corrected chi connectivity index (χ2v) is 7.07. The van der Waals surface area contributed by atoms with E-state index in [1.54, 1.807) is 13.4 Å². The van der Waals surface area contributed by atoms with Crippen LogP contribution in [0.1, 0.15) is 28.4 Å². The van der Waals surface area contributed by atoms with E-state index >= 15 is 0 Å². The molecule has 4 rings (SSSR count). The average Bonchev–Trinajstić information content (AvgIpc) is 3.10. The van der Waals surface area contributed by atoms with Gasteiger partial charge in [-0.2, -0.15) is 0 Å². The van der Waals surface area contributed by atoms with E-state index in [1.165, 1.54) is 5.56 Å². The van der Waals surface area contributed by atoms with Crippen molar-refractivity contribution in [3.8, 4) is 22.6 Å². The van der Waals surface area contributed by atoms with Crippen LogP contribution in [0.15, 0.2) is 48.9 Å². The van der Waals surface area contributed by atoms with Crippen molar-refractivity contribution in [2.75, 3.05) is 7.05 Å². The first-order valence-corrected chi connectivity index (χ1v) is 9.63. The number of benzene rings is 2. The topological polar surface area (TPSA) is 72.7 Å². The van der Waals surface area contributed by atoms with Gasteiger partial charge in [-0.25, -0.2) is 15.0 Å². The molecule has 6 nitrogen and oxygen atoms in total. The Bertz CT molecular complexity index is 1230. The van der Waals surface area contributed by atoms with Crippen molar-refractivity contribution >= 4 is 16.9 Å². The molecule has 2 aromatic heterocycles. The molecule has 0 radical (unpaired) electrons. The molecule has 4 aromatic rings. The Morgan fingerprint density at radius 1 is 1.10 bits per heavy atom. The van der Waals surface area contributed by atoms with Gasteiger partial charge in [0.15, 0.2) is 0 Å². The summed E-state index contributed by atoms with van der Waals surface area (Å²) in [6.45, 7) is 7.00. The van der Waals surface area contributed by atoms with Crippen molar-refractivity contribution in [1.82, 2.24) is 24.8 Å². The fraction of sp³-hybridized carbons (Fsp3) is 0.217. The Kier molecular flexibility index (Phi) is 4.84. The molecule has 2 aromatic carbocycles. The highest BCUT2D eigenvalue weighted by Crippen LogP contribution is 2.33. The Balaban J connectivity index is 1.94. The molecule has 0 atom stereocenters. The van der Waals surface area contributed by atoms with E-state index in [2.05, 4.69) is 58.8 Å². The van der Waals surface area contributed by atoms with Gasteiger partial charge in [-0.15, -0.1) is 0 Å². The molecular formula is C23H23N5O. The van der Waals surface area contributed by atoms with E-state index < -0.39 is 0 Å². The van der Waals surface area contributed by atoms with Gasteiger partial charge in [-0.3, -0.25) is 4.79 Å². The Hall–Kier alpha value is -3.54. The minimum absolute atomic E-state index is 0.126. The van der Waals surface area contributed by atoms with Gasteiger partial charge in [0.25, 0.3) is 5.91 Å². The van der Waals surface area contributed by atoms with Crippen LogP contribution in [0.25, 0.3) is 33.7 Å². The van der Waals surface area contributed by atoms with E-state index in [0.29, 0.717) is 5.56 Å². The van der Waals surface area contributed by atoms with Crippen molar-refractivity contribution in [2.45, 2.75) is 27.3 Å². The van der Waals surface area contributed by atoms with Gasteiger partial charge in [-0.05, 0) is 44.5 Å². The monoisotopic (exact) mass is 385 g/mol. The molecule has 29 heavy (non-hydrogen) atoms. The molecule has 2 heterocycles. The minimum atomic E-state index is -0.126. The van der Waals surface area contributed by atoms with E-state index in [4.69, 9.17) is 4.98 Å². The maximum atomic E-state index is 12.0. The van der Waals surface area contributed by atoms with Crippen LogP contribution in [0.2, 0.25) is 0 Å². The zero-order valence-corrected chi connectivity index (χ0v) is 17.0. The molecule has 0 saturated carbocycles. The first-order valence-electron chi connectivity index (χ1n) is 9.63. The second kappa shape index (κ2) is 7.47. The van der Waals surface area contributed by atoms with Crippen molar-refractivity contribution in [2.24, 2.45) is 0 Å². The fourth-order valence-electron chi connectivity index (χ4n) is 3.73. The lowest BCUT2D eigenvalue weighted by atomic mass is 10.00. The van der Waals surface area contributed by atoms with Gasteiger partial charge in [0, 0.05) is 30.9 Å². The van der Waals surface area contributed by atoms with E-state index in [1.807, 2.05) is 24.4 Å². The second-order valence-electron chi connectivity index (χ2n) is 7.07. The van der Waals surface area contributed by atoms with Crippen LogP contribution in [-0.2, 0) is 6.54 Å². The standard InChI is InChI=1S/C23H23N5O/c1-5-28-20-9-7-16(23(29)24-4)11-19(20)27-22(28)18-12-25-13-26-21(18)17-8-6-14(2)10-15(17)3/h6-13H,5H2,1-4H3,(H,24,29). The third-order valence-electron chi connectivity index (χ3n) is 5.14. The summed E-state index contributed by atoms with van der Waals surface area (Å²) in [6.07, 6.45) is 3.38. The lowest BCUT2D eigenvalue weighted by molar-refractivity contribution is 0.0963. The van der Waals surface area contributed by atoms with E-state index in [0.717, 1.165) is 45.8 Å². The van der Waals surface area contributed by atoms with Crippen molar-refractivity contribution in [3.63, 3.8) is 0 Å². The summed E-state index contributed by atoms with van der Waals surface area (Å²) in [5.41, 5.74) is 7.51. The number of imidazole rings is 1. The summed E-state index contributed by atoms with van der Waals surface area (Å²) in [4.78, 5) is 25.8. The molecule has 1 amide bonds. The summed E-state index contributed by atoms with van der Waals surface area (Å²) >= 11 is 0. The smallest absolute Gasteiger partial charge is 0.251 e. The number of nitrogens with one attached hydrogen (secondary N) is 1. The summed E-state index contributed by atoms with van der Waals surface area (Å²) in [7, 11) is 1.63. The number of amides is 1. The lowest BCUT2D eigenvalue weighted by Gasteiger charge is -2.12. The molecule has 0 bridgehead atoms. The molecule has 0 aliphatic rings. The van der Waals surface area contributed by atoms with Gasteiger partial charge in [0.1, 0.15) is 12.2 Å². The normalized spacial score (nSPS) is 11.0. The third kappa shape index (κ3) is 3.27. The molecule has 146 valence electrons. The highest BCUT2D eigenvalue weighted by Gasteiger charge is 2.19. The number of carbonyl (C=O) groups excluding carboxylic acids is 1. The number of nitrogens with zero attached hydrogens (tertiary/aromatic N) is 4. The van der Waals surface area contributed by atoms with Crippen LogP contribution < -0.4 is 5.32 Å². The van der Waals surface area contributed by atoms with Crippen molar-refractivity contribution in [1.29, 1.82) is 0 Å². The Labute approximate surface area is 169 Å². The third-order valence-corrected chi connectivity index (χ3v) is 5.14. The minimum Gasteiger partial charge on any atom is -0.355 e. The van der Waals surface area contributed by atoms with Crippen molar-refractivity contribution in [3.05, 3.63) is 65.6 Å². The van der Waals surface area contributed by atoms with Crippen LogP contribution in [0.3, 0.4) is 0 Å². The summed E-state index contributed by atoms with van der Waals surface area (Å²) in [5.74, 6) is 0.672. The van der Waals surface area contributed by atoms with Gasteiger partial charge in [-0.1, -0.05) is 23.8 Å². The predicted octanol–water partition coefficient (Wildman–Crippen LogP) is 4.16. The Morgan fingerprint density at radius 2 is 1.93 bits per heavy atom. The van der Waals surface area contributed by atoms with Gasteiger partial charge >= 0.3 is 0 Å². The number of aromatic nitrogens is 4. The number of carbonyl (C=O) groups is 1. The first-order chi connectivity index (χ1) is 14.0. The Morgan fingerprint density at radius 3 is 2.66 bits per heavy atom. The van der Waals surface area contributed by atoms with Crippen LogP contribution in [-0.4, -0.2) is 32.5 Å². The summed E-state index contributed by atoms with van der Waals surface area (Å²) in [6, 6.07) is 11.9. The van der Waals surface area contributed by atoms with Gasteiger partial charge in [0.2, 0.25) is 0 Å². The van der Waals surface area contributed by atoms with Crippen molar-refractivity contribution < 1.29 is 4.79 Å². The van der Waals surface area contributed by atoms with Crippen LogP contribution in [0.5, 0.6) is 0 Å². The molecular weight excluding hydrogens is 362 g/mol. The number of aryl methyl sites for hydroxylation is 3. The molecule has 0 aliphatic carbocycles. The quantitative estimate of drug-likeness (QED) is 0.573. The molecule has 0 aliphatic heterocycles. The maximum Gasteiger partial charge on any atom is 0.251 e.